The predicted octanol–water partition coefficient (Wildman–Crippen LogP) is 5.99. The number of nitrogens with zero attached hydrogens (tertiary/aromatic N) is 3. The molecule has 0 atom stereocenters. The van der Waals surface area contributed by atoms with Crippen LogP contribution in [0.2, 0.25) is 5.02 Å². The quantitative estimate of drug-likeness (QED) is 0.580. The maximum atomic E-state index is 10.6. The fourth-order valence-electron chi connectivity index (χ4n) is 4.09. The van der Waals surface area contributed by atoms with E-state index in [9.17, 15) is 5.11 Å². The van der Waals surface area contributed by atoms with Gasteiger partial charge in [-0.05, 0) is 58.0 Å². The minimum Gasteiger partial charge on any atom is -0.505 e. The zero-order valence-corrected chi connectivity index (χ0v) is 19.5. The molecule has 29 heavy (non-hydrogen) atoms. The lowest BCUT2D eigenvalue weighted by Gasteiger charge is -2.47. The molecule has 0 radical (unpaired) electrons. The molecule has 0 saturated carbocycles. The monoisotopic (exact) mass is 433 g/mol. The first-order chi connectivity index (χ1) is 13.9. The van der Waals surface area contributed by atoms with E-state index in [-0.39, 0.29) is 5.75 Å². The number of piperidine rings is 1. The van der Waals surface area contributed by atoms with E-state index in [4.69, 9.17) is 11.6 Å². The summed E-state index contributed by atoms with van der Waals surface area (Å²) in [6.07, 6.45) is 7.93. The van der Waals surface area contributed by atoms with Gasteiger partial charge >= 0.3 is 0 Å². The normalized spacial score (nSPS) is 16.4. The van der Waals surface area contributed by atoms with E-state index in [0.29, 0.717) is 10.6 Å². The third kappa shape index (κ3) is 5.01. The van der Waals surface area contributed by atoms with Gasteiger partial charge in [0, 0.05) is 34.6 Å². The molecule has 1 saturated heterocycles. The first-order valence-corrected chi connectivity index (χ1v) is 11.6. The number of hydrogen-bond donors (Lipinski definition) is 1. The molecule has 0 aliphatic carbocycles. The Morgan fingerprint density at radius 2 is 2.00 bits per heavy atom. The van der Waals surface area contributed by atoms with Crippen LogP contribution in [0.3, 0.4) is 0 Å². The minimum atomic E-state index is 0.224. The SMILES string of the molecule is CCCCC1(N(C)C)CCN(c2cnc(Sc3cccc(Cl)c3C)c(O)c2)CC1. The Bertz CT molecular complexity index is 835. The Kier molecular flexibility index (Phi) is 7.36. The Labute approximate surface area is 184 Å². The van der Waals surface area contributed by atoms with E-state index < -0.39 is 0 Å². The van der Waals surface area contributed by atoms with Crippen molar-refractivity contribution in [1.29, 1.82) is 0 Å². The average Bonchev–Trinajstić information content (AvgIpc) is 2.71. The van der Waals surface area contributed by atoms with Crippen LogP contribution in [0.15, 0.2) is 40.4 Å². The molecule has 6 heteroatoms. The van der Waals surface area contributed by atoms with Gasteiger partial charge in [-0.25, -0.2) is 4.98 Å². The highest BCUT2D eigenvalue weighted by Crippen LogP contribution is 2.39. The Morgan fingerprint density at radius 3 is 2.62 bits per heavy atom. The summed E-state index contributed by atoms with van der Waals surface area (Å²) in [4.78, 5) is 10.3. The van der Waals surface area contributed by atoms with Crippen LogP contribution in [0.25, 0.3) is 0 Å². The van der Waals surface area contributed by atoms with Gasteiger partial charge in [-0.1, -0.05) is 49.2 Å². The predicted molar refractivity (Wildman–Crippen MR) is 124 cm³/mol. The van der Waals surface area contributed by atoms with Crippen molar-refractivity contribution in [2.45, 2.75) is 61.4 Å². The lowest BCUT2D eigenvalue weighted by atomic mass is 9.81. The Hall–Kier alpha value is -1.43. The van der Waals surface area contributed by atoms with Gasteiger partial charge < -0.3 is 14.9 Å². The highest BCUT2D eigenvalue weighted by Gasteiger charge is 2.36. The summed E-state index contributed by atoms with van der Waals surface area (Å²) in [5.41, 5.74) is 2.30. The highest BCUT2D eigenvalue weighted by atomic mass is 35.5. The summed E-state index contributed by atoms with van der Waals surface area (Å²) >= 11 is 7.67. The number of anilines is 1. The van der Waals surface area contributed by atoms with E-state index in [1.165, 1.54) is 31.0 Å². The third-order valence-electron chi connectivity index (χ3n) is 6.25. The third-order valence-corrected chi connectivity index (χ3v) is 7.83. The van der Waals surface area contributed by atoms with Crippen molar-refractivity contribution in [3.8, 4) is 5.75 Å². The number of halogens is 1. The largest absolute Gasteiger partial charge is 0.505 e. The maximum Gasteiger partial charge on any atom is 0.150 e. The average molecular weight is 434 g/mol. The number of aromatic hydroxyl groups is 1. The van der Waals surface area contributed by atoms with Crippen LogP contribution in [0.4, 0.5) is 5.69 Å². The molecule has 2 aromatic rings. The second kappa shape index (κ2) is 9.59. The molecular formula is C23H32ClN3OS. The number of benzene rings is 1. The first kappa shape index (κ1) is 22.3. The molecule has 3 rings (SSSR count). The van der Waals surface area contributed by atoms with E-state index in [1.54, 1.807) is 0 Å². The van der Waals surface area contributed by atoms with Crippen LogP contribution in [0.5, 0.6) is 5.75 Å². The smallest absolute Gasteiger partial charge is 0.150 e. The Balaban J connectivity index is 1.70. The number of unbranched alkanes of at least 4 members (excludes halogenated alkanes) is 1. The molecule has 4 nitrogen and oxygen atoms in total. The molecule has 0 spiro atoms. The van der Waals surface area contributed by atoms with Crippen molar-refractivity contribution in [2.24, 2.45) is 0 Å². The molecule has 2 heterocycles. The number of hydrogen-bond acceptors (Lipinski definition) is 5. The van der Waals surface area contributed by atoms with Gasteiger partial charge in [0.05, 0.1) is 11.9 Å². The molecule has 158 valence electrons. The number of rotatable bonds is 7. The van der Waals surface area contributed by atoms with Gasteiger partial charge in [0.2, 0.25) is 0 Å². The van der Waals surface area contributed by atoms with Crippen molar-refractivity contribution in [1.82, 2.24) is 9.88 Å². The zero-order valence-electron chi connectivity index (χ0n) is 17.9. The summed E-state index contributed by atoms with van der Waals surface area (Å²) in [5.74, 6) is 0.224. The van der Waals surface area contributed by atoms with Gasteiger partial charge in [0.25, 0.3) is 0 Å². The van der Waals surface area contributed by atoms with Crippen molar-refractivity contribution in [2.75, 3.05) is 32.1 Å². The van der Waals surface area contributed by atoms with E-state index in [1.807, 2.05) is 37.4 Å². The van der Waals surface area contributed by atoms with E-state index in [0.717, 1.165) is 47.1 Å². The Morgan fingerprint density at radius 1 is 1.28 bits per heavy atom. The second-order valence-corrected chi connectivity index (χ2v) is 9.63. The van der Waals surface area contributed by atoms with Crippen molar-refractivity contribution in [3.05, 3.63) is 41.0 Å². The van der Waals surface area contributed by atoms with Crippen LogP contribution in [-0.4, -0.2) is 47.7 Å². The van der Waals surface area contributed by atoms with Crippen LogP contribution in [0, 0.1) is 6.92 Å². The fraction of sp³-hybridized carbons (Fsp3) is 0.522. The molecule has 1 aromatic carbocycles. The number of pyridine rings is 1. The van der Waals surface area contributed by atoms with Crippen molar-refractivity contribution < 1.29 is 5.11 Å². The van der Waals surface area contributed by atoms with Crippen molar-refractivity contribution >= 4 is 29.1 Å². The van der Waals surface area contributed by atoms with Crippen LogP contribution < -0.4 is 4.90 Å². The van der Waals surface area contributed by atoms with E-state index in [2.05, 4.69) is 35.8 Å². The van der Waals surface area contributed by atoms with Gasteiger partial charge in [-0.2, -0.15) is 0 Å². The summed E-state index contributed by atoms with van der Waals surface area (Å²) in [6, 6.07) is 7.65. The summed E-state index contributed by atoms with van der Waals surface area (Å²) in [7, 11) is 4.42. The number of aromatic nitrogens is 1. The fourth-order valence-corrected chi connectivity index (χ4v) is 5.21. The van der Waals surface area contributed by atoms with Gasteiger partial charge in [0.1, 0.15) is 10.8 Å². The summed E-state index contributed by atoms with van der Waals surface area (Å²) in [6.45, 7) is 6.22. The van der Waals surface area contributed by atoms with Gasteiger partial charge in [-0.15, -0.1) is 0 Å². The standard InChI is InChI=1S/C23H32ClN3OS/c1-5-6-10-23(26(3)4)11-13-27(14-12-23)18-15-20(28)22(25-16-18)29-21-9-7-8-19(24)17(21)2/h7-9,15-16,28H,5-6,10-14H2,1-4H3. The first-order valence-electron chi connectivity index (χ1n) is 10.4. The molecular weight excluding hydrogens is 402 g/mol. The minimum absolute atomic E-state index is 0.224. The molecule has 1 aromatic heterocycles. The summed E-state index contributed by atoms with van der Waals surface area (Å²) < 4.78 is 0. The topological polar surface area (TPSA) is 39.6 Å². The molecule has 0 amide bonds. The van der Waals surface area contributed by atoms with Gasteiger partial charge in [-0.3, -0.25) is 0 Å². The second-order valence-electron chi connectivity index (χ2n) is 8.19. The van der Waals surface area contributed by atoms with Crippen molar-refractivity contribution in [3.63, 3.8) is 0 Å². The van der Waals surface area contributed by atoms with E-state index >= 15 is 0 Å². The summed E-state index contributed by atoms with van der Waals surface area (Å²) in [5, 5.41) is 11.9. The molecule has 1 aliphatic heterocycles. The highest BCUT2D eigenvalue weighted by molar-refractivity contribution is 7.99. The van der Waals surface area contributed by atoms with Gasteiger partial charge in [0.15, 0.2) is 0 Å². The molecule has 1 N–H and O–H groups in total. The van der Waals surface area contributed by atoms with Crippen LogP contribution in [-0.2, 0) is 0 Å². The van der Waals surface area contributed by atoms with Crippen LogP contribution >= 0.6 is 23.4 Å². The molecule has 0 bridgehead atoms. The molecule has 1 fully saturated rings. The molecule has 0 unspecified atom stereocenters. The lowest BCUT2D eigenvalue weighted by molar-refractivity contribution is 0.103. The maximum absolute atomic E-state index is 10.6. The van der Waals surface area contributed by atoms with Crippen LogP contribution in [0.1, 0.15) is 44.6 Å². The lowest BCUT2D eigenvalue weighted by Crippen LogP contribution is -2.52. The zero-order chi connectivity index (χ0) is 21.0. The molecule has 1 aliphatic rings.